The van der Waals surface area contributed by atoms with E-state index in [4.69, 9.17) is 11.6 Å². The molecule has 0 saturated carbocycles. The summed E-state index contributed by atoms with van der Waals surface area (Å²) in [6.07, 6.45) is 2.24. The van der Waals surface area contributed by atoms with Gasteiger partial charge in [-0.05, 0) is 30.9 Å². The van der Waals surface area contributed by atoms with E-state index in [9.17, 15) is 9.59 Å². The number of anilines is 1. The molecule has 2 amide bonds. The molecule has 2 aliphatic rings. The molecule has 7 heteroatoms. The minimum Gasteiger partial charge on any atom is -0.342 e. The largest absolute Gasteiger partial charge is 0.342 e. The highest BCUT2D eigenvalue weighted by Crippen LogP contribution is 2.30. The van der Waals surface area contributed by atoms with E-state index in [1.807, 2.05) is 17.0 Å². The second-order valence-corrected chi connectivity index (χ2v) is 7.50. The van der Waals surface area contributed by atoms with Crippen molar-refractivity contribution in [3.63, 3.8) is 0 Å². The van der Waals surface area contributed by atoms with Crippen molar-refractivity contribution < 1.29 is 9.59 Å². The zero-order valence-corrected chi connectivity index (χ0v) is 15.1. The highest BCUT2D eigenvalue weighted by Gasteiger charge is 2.30. The molecule has 5 nitrogen and oxygen atoms in total. The molecule has 0 N–H and O–H groups in total. The summed E-state index contributed by atoms with van der Waals surface area (Å²) in [4.78, 5) is 32.3. The molecular formula is C17H20ClN3O2S. The van der Waals surface area contributed by atoms with E-state index in [1.54, 1.807) is 12.1 Å². The quantitative estimate of drug-likeness (QED) is 0.827. The number of thioether (sulfide) groups is 1. The Morgan fingerprint density at radius 3 is 2.96 bits per heavy atom. The van der Waals surface area contributed by atoms with E-state index in [0.29, 0.717) is 27.5 Å². The molecule has 3 rings (SSSR count). The van der Waals surface area contributed by atoms with Crippen molar-refractivity contribution >= 4 is 46.0 Å². The van der Waals surface area contributed by atoms with E-state index in [1.165, 1.54) is 23.1 Å². The minimum absolute atomic E-state index is 0.0997. The summed E-state index contributed by atoms with van der Waals surface area (Å²) in [6.45, 7) is 3.91. The number of hydrogen-bond donors (Lipinski definition) is 0. The lowest BCUT2D eigenvalue weighted by molar-refractivity contribution is -0.130. The highest BCUT2D eigenvalue weighted by molar-refractivity contribution is 8.14. The fourth-order valence-corrected chi connectivity index (χ4v) is 4.14. The number of aliphatic imine (C=N–C) groups is 1. The van der Waals surface area contributed by atoms with E-state index in [0.717, 1.165) is 19.5 Å². The number of piperidine rings is 1. The Bertz CT molecular complexity index is 680. The van der Waals surface area contributed by atoms with Gasteiger partial charge >= 0.3 is 0 Å². The number of para-hydroxylation sites is 1. The number of halogens is 1. The van der Waals surface area contributed by atoms with Crippen molar-refractivity contribution in [3.05, 3.63) is 29.3 Å². The van der Waals surface area contributed by atoms with Gasteiger partial charge in [0.25, 0.3) is 5.91 Å². The Labute approximate surface area is 151 Å². The summed E-state index contributed by atoms with van der Waals surface area (Å²) in [5, 5.41) is 1.05. The van der Waals surface area contributed by atoms with Gasteiger partial charge in [-0.3, -0.25) is 19.5 Å². The van der Waals surface area contributed by atoms with E-state index < -0.39 is 0 Å². The predicted molar refractivity (Wildman–Crippen MR) is 98.7 cm³/mol. The molecule has 1 atom stereocenters. The molecule has 2 aliphatic heterocycles. The first-order chi connectivity index (χ1) is 11.6. The van der Waals surface area contributed by atoms with Gasteiger partial charge in [-0.15, -0.1) is 0 Å². The topological polar surface area (TPSA) is 53.0 Å². The molecule has 24 heavy (non-hydrogen) atoms. The number of carbonyl (C=O) groups excluding carboxylic acids is 2. The third-order valence-electron chi connectivity index (χ3n) is 4.22. The van der Waals surface area contributed by atoms with Crippen LogP contribution in [0.1, 0.15) is 19.8 Å². The van der Waals surface area contributed by atoms with Gasteiger partial charge in [0.2, 0.25) is 5.91 Å². The van der Waals surface area contributed by atoms with Crippen molar-refractivity contribution in [3.8, 4) is 0 Å². The Kier molecular flexibility index (Phi) is 5.46. The lowest BCUT2D eigenvalue weighted by atomic mass is 10.0. The molecule has 2 heterocycles. The van der Waals surface area contributed by atoms with Gasteiger partial charge in [0.1, 0.15) is 6.54 Å². The van der Waals surface area contributed by atoms with E-state index in [2.05, 4.69) is 11.9 Å². The number of rotatable bonds is 3. The molecule has 0 bridgehead atoms. The van der Waals surface area contributed by atoms with Crippen LogP contribution in [-0.2, 0) is 9.59 Å². The summed E-state index contributed by atoms with van der Waals surface area (Å²) >= 11 is 7.51. The van der Waals surface area contributed by atoms with Crippen LogP contribution >= 0.6 is 23.4 Å². The van der Waals surface area contributed by atoms with Gasteiger partial charge < -0.3 is 4.90 Å². The number of hydrogen-bond acceptors (Lipinski definition) is 4. The molecule has 1 saturated heterocycles. The summed E-state index contributed by atoms with van der Waals surface area (Å²) in [5.41, 5.74) is 0.618. The Morgan fingerprint density at radius 2 is 2.21 bits per heavy atom. The average molecular weight is 366 g/mol. The third-order valence-corrected chi connectivity index (χ3v) is 5.50. The fraction of sp³-hybridized carbons (Fsp3) is 0.471. The van der Waals surface area contributed by atoms with Crippen LogP contribution in [0.3, 0.4) is 0 Å². The van der Waals surface area contributed by atoms with Crippen LogP contribution < -0.4 is 4.90 Å². The number of carbonyl (C=O) groups is 2. The van der Waals surface area contributed by atoms with Gasteiger partial charge in [-0.25, -0.2) is 0 Å². The van der Waals surface area contributed by atoms with E-state index >= 15 is 0 Å². The van der Waals surface area contributed by atoms with Crippen LogP contribution in [0.5, 0.6) is 0 Å². The lowest BCUT2D eigenvalue weighted by Crippen LogP contribution is -2.40. The van der Waals surface area contributed by atoms with Crippen molar-refractivity contribution in [2.75, 3.05) is 30.3 Å². The molecule has 0 radical (unpaired) electrons. The number of benzene rings is 1. The number of amidine groups is 1. The minimum atomic E-state index is -0.121. The van der Waals surface area contributed by atoms with Gasteiger partial charge in [-0.1, -0.05) is 42.4 Å². The Morgan fingerprint density at radius 1 is 1.42 bits per heavy atom. The van der Waals surface area contributed by atoms with Gasteiger partial charge in [0.05, 0.1) is 16.5 Å². The van der Waals surface area contributed by atoms with Crippen molar-refractivity contribution in [1.82, 2.24) is 4.90 Å². The van der Waals surface area contributed by atoms with Crippen LogP contribution in [0.15, 0.2) is 29.3 Å². The fourth-order valence-electron chi connectivity index (χ4n) is 3.00. The first-order valence-electron chi connectivity index (χ1n) is 8.09. The van der Waals surface area contributed by atoms with Crippen LogP contribution in [0, 0.1) is 5.92 Å². The zero-order chi connectivity index (χ0) is 17.1. The zero-order valence-electron chi connectivity index (χ0n) is 13.6. The average Bonchev–Trinajstić information content (AvgIpc) is 2.94. The summed E-state index contributed by atoms with van der Waals surface area (Å²) in [7, 11) is 0. The summed E-state index contributed by atoms with van der Waals surface area (Å²) in [5.74, 6) is 0.829. The van der Waals surface area contributed by atoms with Crippen LogP contribution in [0.25, 0.3) is 0 Å². The molecular weight excluding hydrogens is 346 g/mol. The maximum absolute atomic E-state index is 12.4. The van der Waals surface area contributed by atoms with Gasteiger partial charge in [0.15, 0.2) is 5.17 Å². The number of nitrogens with zero attached hydrogens (tertiary/aromatic N) is 3. The van der Waals surface area contributed by atoms with Crippen molar-refractivity contribution in [2.45, 2.75) is 19.8 Å². The lowest BCUT2D eigenvalue weighted by Gasteiger charge is -2.31. The standard InChI is InChI=1S/C17H20ClN3O2S/c1-12-5-4-8-20(10-12)16(23)11-24-17-19-9-15(22)21(17)14-7-3-2-6-13(14)18/h2-3,6-7,12H,4-5,8-11H2,1H3/t12-/m0/s1. The first kappa shape index (κ1) is 17.3. The van der Waals surface area contributed by atoms with Crippen LogP contribution in [-0.4, -0.2) is 47.3 Å². The molecule has 1 aromatic carbocycles. The molecule has 1 aromatic rings. The molecule has 0 spiro atoms. The summed E-state index contributed by atoms with van der Waals surface area (Å²) in [6, 6.07) is 7.17. The normalized spacial score (nSPS) is 21.2. The van der Waals surface area contributed by atoms with Crippen LogP contribution in [0.2, 0.25) is 5.02 Å². The molecule has 0 aromatic heterocycles. The van der Waals surface area contributed by atoms with Gasteiger partial charge in [0, 0.05) is 13.1 Å². The molecule has 128 valence electrons. The van der Waals surface area contributed by atoms with Crippen molar-refractivity contribution in [2.24, 2.45) is 10.9 Å². The van der Waals surface area contributed by atoms with Crippen molar-refractivity contribution in [1.29, 1.82) is 0 Å². The number of likely N-dealkylation sites (tertiary alicyclic amines) is 1. The third kappa shape index (κ3) is 3.75. The molecule has 1 fully saturated rings. The highest BCUT2D eigenvalue weighted by atomic mass is 35.5. The first-order valence-corrected chi connectivity index (χ1v) is 9.45. The SMILES string of the molecule is C[C@H]1CCCN(C(=O)CSC2=NCC(=O)N2c2ccccc2Cl)C1. The molecule has 0 unspecified atom stereocenters. The maximum Gasteiger partial charge on any atom is 0.254 e. The monoisotopic (exact) mass is 365 g/mol. The smallest absolute Gasteiger partial charge is 0.254 e. The Balaban J connectivity index is 1.65. The number of amides is 2. The second kappa shape index (κ2) is 7.57. The summed E-state index contributed by atoms with van der Waals surface area (Å²) < 4.78 is 0. The maximum atomic E-state index is 12.4. The van der Waals surface area contributed by atoms with E-state index in [-0.39, 0.29) is 18.4 Å². The predicted octanol–water partition coefficient (Wildman–Crippen LogP) is 3.03. The molecule has 0 aliphatic carbocycles. The Hall–Kier alpha value is -1.53. The van der Waals surface area contributed by atoms with Gasteiger partial charge in [-0.2, -0.15) is 0 Å². The van der Waals surface area contributed by atoms with Crippen LogP contribution in [0.4, 0.5) is 5.69 Å². The second-order valence-electron chi connectivity index (χ2n) is 6.16.